The van der Waals surface area contributed by atoms with Gasteiger partial charge in [0, 0.05) is 17.6 Å². The molecule has 0 aliphatic heterocycles. The van der Waals surface area contributed by atoms with Crippen LogP contribution >= 0.6 is 15.9 Å². The van der Waals surface area contributed by atoms with Gasteiger partial charge in [0.25, 0.3) is 0 Å². The summed E-state index contributed by atoms with van der Waals surface area (Å²) in [6.45, 7) is 4.11. The van der Waals surface area contributed by atoms with E-state index in [0.717, 1.165) is 16.0 Å². The molecule has 0 amide bonds. The topological polar surface area (TPSA) is 23.5 Å². The summed E-state index contributed by atoms with van der Waals surface area (Å²) in [5.41, 5.74) is 2.19. The van der Waals surface area contributed by atoms with Crippen molar-refractivity contribution >= 4 is 21.6 Å². The second-order valence-corrected chi connectivity index (χ2v) is 6.93. The number of hydrogen-bond acceptors (Lipinski definition) is 2. The van der Waals surface area contributed by atoms with Crippen molar-refractivity contribution in [2.24, 2.45) is 5.92 Å². The lowest BCUT2D eigenvalue weighted by atomic mass is 9.84. The fourth-order valence-electron chi connectivity index (χ4n) is 3.21. The third kappa shape index (κ3) is 3.56. The zero-order valence-electron chi connectivity index (χ0n) is 12.8. The Labute approximate surface area is 131 Å². The SMILES string of the molecule is CCC1CCC(N(C)c2ccc(C(C)O)cc2Br)CC1. The Morgan fingerprint density at radius 3 is 2.45 bits per heavy atom. The van der Waals surface area contributed by atoms with Gasteiger partial charge in [-0.2, -0.15) is 0 Å². The minimum atomic E-state index is -0.411. The molecule has 1 aromatic carbocycles. The first-order valence-corrected chi connectivity index (χ1v) is 8.52. The van der Waals surface area contributed by atoms with Crippen LogP contribution in [0, 0.1) is 5.92 Å². The number of benzene rings is 1. The van der Waals surface area contributed by atoms with Crippen molar-refractivity contribution in [3.8, 4) is 0 Å². The van der Waals surface area contributed by atoms with E-state index < -0.39 is 6.10 Å². The zero-order valence-corrected chi connectivity index (χ0v) is 14.4. The Balaban J connectivity index is 2.07. The molecule has 1 saturated carbocycles. The molecule has 1 unspecified atom stereocenters. The minimum Gasteiger partial charge on any atom is -0.389 e. The number of aliphatic hydroxyl groups is 1. The van der Waals surface area contributed by atoms with Crippen molar-refractivity contribution in [2.75, 3.05) is 11.9 Å². The molecule has 3 heteroatoms. The van der Waals surface area contributed by atoms with Crippen LogP contribution in [0.5, 0.6) is 0 Å². The molecule has 2 rings (SSSR count). The number of aliphatic hydroxyl groups excluding tert-OH is 1. The normalized spacial score (nSPS) is 24.4. The monoisotopic (exact) mass is 339 g/mol. The Morgan fingerprint density at radius 1 is 1.30 bits per heavy atom. The third-order valence-electron chi connectivity index (χ3n) is 4.78. The summed E-state index contributed by atoms with van der Waals surface area (Å²) >= 11 is 3.66. The Hall–Kier alpha value is -0.540. The van der Waals surface area contributed by atoms with Gasteiger partial charge in [-0.25, -0.2) is 0 Å². The van der Waals surface area contributed by atoms with Crippen LogP contribution in [0.1, 0.15) is 57.6 Å². The van der Waals surface area contributed by atoms with E-state index in [2.05, 4.69) is 40.9 Å². The number of nitrogens with zero attached hydrogens (tertiary/aromatic N) is 1. The quantitative estimate of drug-likeness (QED) is 0.842. The molecule has 0 radical (unpaired) electrons. The van der Waals surface area contributed by atoms with Crippen molar-refractivity contribution < 1.29 is 5.11 Å². The van der Waals surface area contributed by atoms with Crippen molar-refractivity contribution in [1.82, 2.24) is 0 Å². The summed E-state index contributed by atoms with van der Waals surface area (Å²) in [5, 5.41) is 9.65. The lowest BCUT2D eigenvalue weighted by Crippen LogP contribution is -2.35. The van der Waals surface area contributed by atoms with Crippen LogP contribution in [0.25, 0.3) is 0 Å². The summed E-state index contributed by atoms with van der Waals surface area (Å²) < 4.78 is 1.08. The highest BCUT2D eigenvalue weighted by molar-refractivity contribution is 9.10. The van der Waals surface area contributed by atoms with E-state index in [1.807, 2.05) is 12.1 Å². The van der Waals surface area contributed by atoms with Gasteiger partial charge >= 0.3 is 0 Å². The van der Waals surface area contributed by atoms with Crippen molar-refractivity contribution in [3.05, 3.63) is 28.2 Å². The summed E-state index contributed by atoms with van der Waals surface area (Å²) in [7, 11) is 2.19. The van der Waals surface area contributed by atoms with Gasteiger partial charge in [-0.15, -0.1) is 0 Å². The number of halogens is 1. The van der Waals surface area contributed by atoms with Gasteiger partial charge in [-0.3, -0.25) is 0 Å². The van der Waals surface area contributed by atoms with Gasteiger partial charge in [-0.05, 0) is 72.2 Å². The Bertz CT molecular complexity index is 439. The molecule has 1 aromatic rings. The van der Waals surface area contributed by atoms with E-state index >= 15 is 0 Å². The maximum absolute atomic E-state index is 9.65. The molecule has 2 nitrogen and oxygen atoms in total. The lowest BCUT2D eigenvalue weighted by Gasteiger charge is -2.36. The zero-order chi connectivity index (χ0) is 14.7. The molecule has 0 heterocycles. The number of rotatable bonds is 4. The maximum Gasteiger partial charge on any atom is 0.0762 e. The predicted octanol–water partition coefficient (Wildman–Crippen LogP) is 4.91. The molecule has 1 N–H and O–H groups in total. The average molecular weight is 340 g/mol. The second-order valence-electron chi connectivity index (χ2n) is 6.08. The van der Waals surface area contributed by atoms with Gasteiger partial charge in [0.05, 0.1) is 11.8 Å². The molecule has 0 bridgehead atoms. The summed E-state index contributed by atoms with van der Waals surface area (Å²) in [4.78, 5) is 2.40. The first-order chi connectivity index (χ1) is 9.52. The first kappa shape index (κ1) is 15.8. The van der Waals surface area contributed by atoms with Crippen LogP contribution in [0.3, 0.4) is 0 Å². The molecule has 1 atom stereocenters. The maximum atomic E-state index is 9.65. The van der Waals surface area contributed by atoms with E-state index in [9.17, 15) is 5.11 Å². The molecule has 1 aliphatic carbocycles. The summed E-state index contributed by atoms with van der Waals surface area (Å²) in [6.07, 6.45) is 6.21. The second kappa shape index (κ2) is 6.95. The highest BCUT2D eigenvalue weighted by Crippen LogP contribution is 2.35. The lowest BCUT2D eigenvalue weighted by molar-refractivity contribution is 0.199. The highest BCUT2D eigenvalue weighted by Gasteiger charge is 2.24. The van der Waals surface area contributed by atoms with Crippen LogP contribution in [0.4, 0.5) is 5.69 Å². The van der Waals surface area contributed by atoms with Crippen LogP contribution in [0.15, 0.2) is 22.7 Å². The molecule has 1 aliphatic rings. The minimum absolute atomic E-state index is 0.411. The van der Waals surface area contributed by atoms with Gasteiger partial charge in [0.1, 0.15) is 0 Å². The van der Waals surface area contributed by atoms with Crippen LogP contribution < -0.4 is 4.90 Å². The predicted molar refractivity (Wildman–Crippen MR) is 89.2 cm³/mol. The molecular formula is C17H26BrNO. The molecule has 20 heavy (non-hydrogen) atoms. The van der Waals surface area contributed by atoms with Crippen molar-refractivity contribution in [2.45, 2.75) is 58.1 Å². The Kier molecular flexibility index (Phi) is 5.50. The van der Waals surface area contributed by atoms with E-state index in [4.69, 9.17) is 0 Å². The summed E-state index contributed by atoms with van der Waals surface area (Å²) in [5.74, 6) is 0.931. The van der Waals surface area contributed by atoms with E-state index in [1.54, 1.807) is 6.92 Å². The largest absolute Gasteiger partial charge is 0.389 e. The molecule has 112 valence electrons. The van der Waals surface area contributed by atoms with E-state index in [0.29, 0.717) is 6.04 Å². The standard InChI is InChI=1S/C17H26BrNO/c1-4-13-5-8-15(9-6-13)19(3)17-10-7-14(12(2)20)11-16(17)18/h7,10-13,15,20H,4-6,8-9H2,1-3H3. The molecular weight excluding hydrogens is 314 g/mol. The summed E-state index contributed by atoms with van der Waals surface area (Å²) in [6, 6.07) is 6.83. The first-order valence-electron chi connectivity index (χ1n) is 7.73. The molecule has 1 fully saturated rings. The van der Waals surface area contributed by atoms with Crippen LogP contribution in [-0.2, 0) is 0 Å². The van der Waals surface area contributed by atoms with Gasteiger partial charge in [0.15, 0.2) is 0 Å². The fourth-order valence-corrected chi connectivity index (χ4v) is 3.88. The van der Waals surface area contributed by atoms with Crippen molar-refractivity contribution in [3.63, 3.8) is 0 Å². The Morgan fingerprint density at radius 2 is 1.95 bits per heavy atom. The smallest absolute Gasteiger partial charge is 0.0762 e. The van der Waals surface area contributed by atoms with Gasteiger partial charge in [-0.1, -0.05) is 19.4 Å². The number of hydrogen-bond donors (Lipinski definition) is 1. The third-order valence-corrected chi connectivity index (χ3v) is 5.41. The fraction of sp³-hybridized carbons (Fsp3) is 0.647. The van der Waals surface area contributed by atoms with Crippen LogP contribution in [-0.4, -0.2) is 18.2 Å². The van der Waals surface area contributed by atoms with Gasteiger partial charge in [0.2, 0.25) is 0 Å². The molecule has 0 saturated heterocycles. The van der Waals surface area contributed by atoms with Crippen LogP contribution in [0.2, 0.25) is 0 Å². The molecule has 0 spiro atoms. The van der Waals surface area contributed by atoms with Crippen molar-refractivity contribution in [1.29, 1.82) is 0 Å². The number of anilines is 1. The molecule has 0 aromatic heterocycles. The van der Waals surface area contributed by atoms with E-state index in [1.165, 1.54) is 37.8 Å². The average Bonchev–Trinajstić information content (AvgIpc) is 2.46. The van der Waals surface area contributed by atoms with Gasteiger partial charge < -0.3 is 10.0 Å². The van der Waals surface area contributed by atoms with E-state index in [-0.39, 0.29) is 0 Å². The highest BCUT2D eigenvalue weighted by atomic mass is 79.9.